The first-order valence-electron chi connectivity index (χ1n) is 10.8. The number of benzene rings is 3. The van der Waals surface area contributed by atoms with Gasteiger partial charge in [-0.1, -0.05) is 48.5 Å². The van der Waals surface area contributed by atoms with Gasteiger partial charge in [-0.25, -0.2) is 4.98 Å². The lowest BCUT2D eigenvalue weighted by atomic mass is 10.00. The van der Waals surface area contributed by atoms with Gasteiger partial charge in [0.1, 0.15) is 30.0 Å². The molecule has 1 aromatic heterocycles. The van der Waals surface area contributed by atoms with Crippen LogP contribution in [0.15, 0.2) is 78.9 Å². The molecule has 1 aliphatic rings. The second-order valence-corrected chi connectivity index (χ2v) is 9.42. The molecular formula is C27H23NO4S. The fourth-order valence-corrected chi connectivity index (χ4v) is 5.18. The van der Waals surface area contributed by atoms with Crippen LogP contribution in [0.5, 0.6) is 11.5 Å². The van der Waals surface area contributed by atoms with Gasteiger partial charge < -0.3 is 14.6 Å². The van der Waals surface area contributed by atoms with Gasteiger partial charge in [0.25, 0.3) is 0 Å². The second kappa shape index (κ2) is 9.16. The molecule has 5 rings (SSSR count). The van der Waals surface area contributed by atoms with Gasteiger partial charge in [-0.05, 0) is 48.4 Å². The molecule has 0 fully saturated rings. The minimum Gasteiger partial charge on any atom is -0.489 e. The van der Waals surface area contributed by atoms with E-state index < -0.39 is 11.2 Å². The van der Waals surface area contributed by atoms with Gasteiger partial charge >= 0.3 is 5.97 Å². The second-order valence-electron chi connectivity index (χ2n) is 7.97. The van der Waals surface area contributed by atoms with Crippen molar-refractivity contribution in [3.05, 3.63) is 101 Å². The minimum absolute atomic E-state index is 0.174. The molecule has 6 heteroatoms. The number of pyridine rings is 1. The normalized spacial score (nSPS) is 15.6. The van der Waals surface area contributed by atoms with Crippen LogP contribution >= 0.6 is 11.8 Å². The number of para-hydroxylation sites is 1. The van der Waals surface area contributed by atoms with Gasteiger partial charge in [0.2, 0.25) is 0 Å². The van der Waals surface area contributed by atoms with Crippen LogP contribution in [0, 0.1) is 0 Å². The Morgan fingerprint density at radius 3 is 2.79 bits per heavy atom. The summed E-state index contributed by atoms with van der Waals surface area (Å²) in [4.78, 5) is 16.3. The molecule has 0 amide bonds. The maximum Gasteiger partial charge on any atom is 0.316 e. The minimum atomic E-state index is -0.834. The molecule has 0 saturated carbocycles. The highest BCUT2D eigenvalue weighted by molar-refractivity contribution is 8.01. The predicted octanol–water partition coefficient (Wildman–Crippen LogP) is 6.00. The molecule has 1 aliphatic heterocycles. The van der Waals surface area contributed by atoms with Gasteiger partial charge in [-0.2, -0.15) is 0 Å². The van der Waals surface area contributed by atoms with Crippen molar-refractivity contribution >= 4 is 28.6 Å². The number of carboxylic acid groups (broad SMARTS) is 1. The van der Waals surface area contributed by atoms with Crippen LogP contribution in [-0.2, 0) is 18.0 Å². The summed E-state index contributed by atoms with van der Waals surface area (Å²) in [6.45, 7) is 2.50. The molecule has 1 N–H and O–H groups in total. The summed E-state index contributed by atoms with van der Waals surface area (Å²) in [5.41, 5.74) is 4.83. The van der Waals surface area contributed by atoms with Crippen LogP contribution in [-0.4, -0.2) is 21.3 Å². The van der Waals surface area contributed by atoms with Crippen molar-refractivity contribution in [2.75, 3.05) is 0 Å². The highest BCUT2D eigenvalue weighted by Crippen LogP contribution is 2.46. The Morgan fingerprint density at radius 1 is 1.09 bits per heavy atom. The number of carbonyl (C=O) groups is 1. The molecule has 5 nitrogen and oxygen atoms in total. The SMILES string of the molecule is CC(SC1c2ccccc2COc2ccc(OCc3ccc4ccccc4n3)cc21)C(=O)O. The number of ether oxygens (including phenoxy) is 2. The lowest BCUT2D eigenvalue weighted by Gasteiger charge is -2.21. The zero-order valence-corrected chi connectivity index (χ0v) is 18.9. The Hall–Kier alpha value is -3.51. The Kier molecular flexibility index (Phi) is 5.92. The maximum atomic E-state index is 11.6. The highest BCUT2D eigenvalue weighted by atomic mass is 32.2. The zero-order chi connectivity index (χ0) is 22.8. The van der Waals surface area contributed by atoms with E-state index in [0.717, 1.165) is 39.0 Å². The molecule has 0 spiro atoms. The monoisotopic (exact) mass is 457 g/mol. The van der Waals surface area contributed by atoms with Crippen molar-refractivity contribution in [3.8, 4) is 11.5 Å². The molecular weight excluding hydrogens is 434 g/mol. The molecule has 4 aromatic rings. The summed E-state index contributed by atoms with van der Waals surface area (Å²) >= 11 is 1.40. The van der Waals surface area contributed by atoms with E-state index in [1.165, 1.54) is 11.8 Å². The number of hydrogen-bond acceptors (Lipinski definition) is 5. The van der Waals surface area contributed by atoms with Crippen molar-refractivity contribution in [2.24, 2.45) is 0 Å². The lowest BCUT2D eigenvalue weighted by molar-refractivity contribution is -0.136. The fourth-order valence-electron chi connectivity index (χ4n) is 3.95. The van der Waals surface area contributed by atoms with Crippen molar-refractivity contribution in [3.63, 3.8) is 0 Å². The molecule has 0 saturated heterocycles. The van der Waals surface area contributed by atoms with Crippen LogP contribution in [0.4, 0.5) is 0 Å². The average Bonchev–Trinajstić information content (AvgIpc) is 2.99. The summed E-state index contributed by atoms with van der Waals surface area (Å²) in [6.07, 6.45) is 0. The van der Waals surface area contributed by atoms with Crippen molar-refractivity contribution in [1.82, 2.24) is 4.98 Å². The molecule has 2 atom stereocenters. The molecule has 0 radical (unpaired) electrons. The molecule has 0 aliphatic carbocycles. The Labute approximate surface area is 196 Å². The van der Waals surface area contributed by atoms with Gasteiger partial charge in [-0.15, -0.1) is 11.8 Å². The number of nitrogens with zero attached hydrogens (tertiary/aromatic N) is 1. The third kappa shape index (κ3) is 4.52. The Balaban J connectivity index is 1.45. The zero-order valence-electron chi connectivity index (χ0n) is 18.1. The summed E-state index contributed by atoms with van der Waals surface area (Å²) < 4.78 is 12.2. The fraction of sp³-hybridized carbons (Fsp3) is 0.185. The molecule has 0 bridgehead atoms. The van der Waals surface area contributed by atoms with Gasteiger partial charge in [0.05, 0.1) is 16.5 Å². The highest BCUT2D eigenvalue weighted by Gasteiger charge is 2.29. The van der Waals surface area contributed by atoms with Crippen molar-refractivity contribution < 1.29 is 19.4 Å². The predicted molar refractivity (Wildman–Crippen MR) is 130 cm³/mol. The van der Waals surface area contributed by atoms with Crippen LogP contribution in [0.2, 0.25) is 0 Å². The number of aromatic nitrogens is 1. The van der Waals surface area contributed by atoms with E-state index in [2.05, 4.69) is 4.98 Å². The van der Waals surface area contributed by atoms with E-state index in [0.29, 0.717) is 19.0 Å². The van der Waals surface area contributed by atoms with E-state index in [1.54, 1.807) is 6.92 Å². The Bertz CT molecular complexity index is 1320. The first kappa shape index (κ1) is 21.3. The molecule has 2 unspecified atom stereocenters. The number of carboxylic acids is 1. The standard InChI is InChI=1S/C27H23NO4S/c1-17(27(29)30)33-26-22-8-4-2-7-19(22)15-32-25-13-12-21(14-23(25)26)31-16-20-11-10-18-6-3-5-9-24(18)28-20/h2-14,17,26H,15-16H2,1H3,(H,29,30). The number of aliphatic carboxylic acids is 1. The van der Waals surface area contributed by atoms with Gasteiger partial charge in [-0.3, -0.25) is 4.79 Å². The van der Waals surface area contributed by atoms with E-state index in [-0.39, 0.29) is 5.25 Å². The van der Waals surface area contributed by atoms with Crippen LogP contribution in [0.1, 0.15) is 34.6 Å². The van der Waals surface area contributed by atoms with Gasteiger partial charge in [0.15, 0.2) is 0 Å². The van der Waals surface area contributed by atoms with Crippen LogP contribution < -0.4 is 9.47 Å². The molecule has 2 heterocycles. The van der Waals surface area contributed by atoms with E-state index in [4.69, 9.17) is 9.47 Å². The third-order valence-corrected chi connectivity index (χ3v) is 7.11. The van der Waals surface area contributed by atoms with E-state index in [1.807, 2.05) is 78.9 Å². The van der Waals surface area contributed by atoms with Crippen molar-refractivity contribution in [1.29, 1.82) is 0 Å². The molecule has 33 heavy (non-hydrogen) atoms. The van der Waals surface area contributed by atoms with Gasteiger partial charge in [0, 0.05) is 10.9 Å². The van der Waals surface area contributed by atoms with E-state index >= 15 is 0 Å². The summed E-state index contributed by atoms with van der Waals surface area (Å²) in [5, 5.41) is 9.88. The average molecular weight is 458 g/mol. The summed E-state index contributed by atoms with van der Waals surface area (Å²) in [5.74, 6) is 0.608. The quantitative estimate of drug-likeness (QED) is 0.383. The summed E-state index contributed by atoms with van der Waals surface area (Å²) in [7, 11) is 0. The smallest absolute Gasteiger partial charge is 0.316 e. The first-order chi connectivity index (χ1) is 16.1. The van der Waals surface area contributed by atoms with Crippen molar-refractivity contribution in [2.45, 2.75) is 30.6 Å². The largest absolute Gasteiger partial charge is 0.489 e. The van der Waals surface area contributed by atoms with E-state index in [9.17, 15) is 9.90 Å². The topological polar surface area (TPSA) is 68.7 Å². The molecule has 3 aromatic carbocycles. The maximum absolute atomic E-state index is 11.6. The molecule has 166 valence electrons. The van der Waals surface area contributed by atoms with Crippen LogP contribution in [0.3, 0.4) is 0 Å². The lowest BCUT2D eigenvalue weighted by Crippen LogP contribution is -2.14. The summed E-state index contributed by atoms with van der Waals surface area (Å²) in [6, 6.07) is 25.8. The number of thioether (sulfide) groups is 1. The first-order valence-corrected chi connectivity index (χ1v) is 11.7. The third-order valence-electron chi connectivity index (χ3n) is 5.72. The number of fused-ring (bicyclic) bond motifs is 3. The number of rotatable bonds is 6. The number of hydrogen-bond donors (Lipinski definition) is 1. The Morgan fingerprint density at radius 2 is 1.91 bits per heavy atom. The van der Waals surface area contributed by atoms with Crippen LogP contribution in [0.25, 0.3) is 10.9 Å².